The zero-order valence-electron chi connectivity index (χ0n) is 23.1. The van der Waals surface area contributed by atoms with Crippen molar-refractivity contribution < 1.29 is 52.3 Å². The Morgan fingerprint density at radius 1 is 1.08 bits per heavy atom. The van der Waals surface area contributed by atoms with Crippen molar-refractivity contribution in [3.63, 3.8) is 0 Å². The first kappa shape index (κ1) is 30.5. The van der Waals surface area contributed by atoms with Gasteiger partial charge in [-0.25, -0.2) is 0 Å². The number of carbonyl (C=O) groups is 3. The van der Waals surface area contributed by atoms with Crippen LogP contribution >= 0.6 is 0 Å². The van der Waals surface area contributed by atoms with E-state index in [1.807, 2.05) is 0 Å². The summed E-state index contributed by atoms with van der Waals surface area (Å²) in [6.07, 6.45) is 0.482. The second-order valence-corrected chi connectivity index (χ2v) is 10.0. The van der Waals surface area contributed by atoms with Gasteiger partial charge in [0.15, 0.2) is 18.0 Å². The highest BCUT2D eigenvalue weighted by molar-refractivity contribution is 5.67. The molecule has 0 saturated carbocycles. The number of methoxy groups -OCH3 is 1. The van der Waals surface area contributed by atoms with E-state index < -0.39 is 66.4 Å². The topological polar surface area (TPSA) is 125 Å². The van der Waals surface area contributed by atoms with Gasteiger partial charge in [-0.3, -0.25) is 14.4 Å². The summed E-state index contributed by atoms with van der Waals surface area (Å²) in [5.74, 6) is -2.66. The second-order valence-electron chi connectivity index (χ2n) is 10.0. The molecule has 3 fully saturated rings. The lowest BCUT2D eigenvalue weighted by Crippen LogP contribution is -2.69. The number of unbranched alkanes of at least 4 members (excludes halogenated alkanes) is 1. The van der Waals surface area contributed by atoms with E-state index in [1.165, 1.54) is 20.8 Å². The maximum atomic E-state index is 12.2. The summed E-state index contributed by atoms with van der Waals surface area (Å²) in [5.41, 5.74) is 0. The number of rotatable bonds is 13. The highest BCUT2D eigenvalue weighted by Gasteiger charge is 2.65. The monoisotopic (exact) mass is 542 g/mol. The number of carbonyl (C=O) groups excluding carboxylic acids is 3. The van der Waals surface area contributed by atoms with Crippen molar-refractivity contribution in [2.45, 2.75) is 121 Å². The van der Waals surface area contributed by atoms with Crippen LogP contribution in [-0.2, 0) is 52.3 Å². The van der Waals surface area contributed by atoms with E-state index in [0.717, 1.165) is 12.8 Å². The molecule has 0 aromatic rings. The lowest BCUT2D eigenvalue weighted by atomic mass is 9.84. The lowest BCUT2D eigenvalue weighted by Gasteiger charge is -2.53. The van der Waals surface area contributed by atoms with Crippen molar-refractivity contribution in [2.75, 3.05) is 20.3 Å². The van der Waals surface area contributed by atoms with Crippen molar-refractivity contribution in [3.8, 4) is 0 Å². The average molecular weight is 543 g/mol. The van der Waals surface area contributed by atoms with Crippen LogP contribution in [-0.4, -0.2) is 92.9 Å². The first-order valence-electron chi connectivity index (χ1n) is 13.4. The third-order valence-electron chi connectivity index (χ3n) is 7.08. The van der Waals surface area contributed by atoms with Gasteiger partial charge >= 0.3 is 17.9 Å². The van der Waals surface area contributed by atoms with Crippen LogP contribution in [0.4, 0.5) is 0 Å². The third-order valence-corrected chi connectivity index (χ3v) is 7.08. The molecule has 11 heteroatoms. The zero-order chi connectivity index (χ0) is 27.9. The van der Waals surface area contributed by atoms with Gasteiger partial charge in [-0.05, 0) is 19.3 Å². The van der Waals surface area contributed by atoms with Crippen LogP contribution in [0.3, 0.4) is 0 Å². The Hall–Kier alpha value is -2.05. The molecule has 3 aliphatic heterocycles. The van der Waals surface area contributed by atoms with Gasteiger partial charge < -0.3 is 37.9 Å². The first-order valence-corrected chi connectivity index (χ1v) is 13.4. The molecule has 0 bridgehead atoms. The SMILES string of the molecule is C=CC[C@@H]1CCC2(OC)O[C@H]3C(OCCCC)C(C[C@H](COC(C)=O)OC(C)=O)OC3[C@H](OC(C)=O)[C@H]2O1. The summed E-state index contributed by atoms with van der Waals surface area (Å²) in [5, 5.41) is 0. The molecule has 216 valence electrons. The molecule has 3 rings (SSSR count). The minimum Gasteiger partial charge on any atom is -0.462 e. The van der Waals surface area contributed by atoms with Gasteiger partial charge in [-0.15, -0.1) is 6.58 Å². The predicted molar refractivity (Wildman–Crippen MR) is 133 cm³/mol. The van der Waals surface area contributed by atoms with Crippen LogP contribution in [0.2, 0.25) is 0 Å². The van der Waals surface area contributed by atoms with Crippen molar-refractivity contribution in [2.24, 2.45) is 0 Å². The maximum absolute atomic E-state index is 12.2. The van der Waals surface area contributed by atoms with Crippen LogP contribution in [0.5, 0.6) is 0 Å². The number of ether oxygens (including phenoxy) is 8. The predicted octanol–water partition coefficient (Wildman–Crippen LogP) is 2.62. The Morgan fingerprint density at radius 3 is 2.45 bits per heavy atom. The molecule has 0 aromatic carbocycles. The molecule has 4 unspecified atom stereocenters. The van der Waals surface area contributed by atoms with Gasteiger partial charge in [-0.2, -0.15) is 0 Å². The van der Waals surface area contributed by atoms with Gasteiger partial charge in [0.2, 0.25) is 0 Å². The fourth-order valence-electron chi connectivity index (χ4n) is 5.45. The molecular formula is C27H42O11. The fourth-order valence-corrected chi connectivity index (χ4v) is 5.45. The molecule has 0 radical (unpaired) electrons. The Morgan fingerprint density at radius 2 is 1.84 bits per heavy atom. The molecule has 0 spiro atoms. The smallest absolute Gasteiger partial charge is 0.303 e. The van der Waals surface area contributed by atoms with E-state index in [0.29, 0.717) is 25.9 Å². The summed E-state index contributed by atoms with van der Waals surface area (Å²) in [6, 6.07) is 0. The standard InChI is InChI=1S/C27H42O11/c1-7-9-13-32-22-21(14-20(34-17(4)29)15-33-16(3)28)37-23-24(22)38-27(31-6)12-11-19(10-8-2)36-26(27)25(23)35-18(5)30/h8,19-26H,2,7,9-15H2,1,3-6H3/t19-,20-,21?,22?,23?,24+,25+,26-,27?/m1/s1. The van der Waals surface area contributed by atoms with Gasteiger partial charge in [0.1, 0.15) is 31.0 Å². The summed E-state index contributed by atoms with van der Waals surface area (Å²) in [4.78, 5) is 35.4. The highest BCUT2D eigenvalue weighted by Crippen LogP contribution is 2.47. The summed E-state index contributed by atoms with van der Waals surface area (Å²) in [6.45, 7) is 10.1. The van der Waals surface area contributed by atoms with Crippen molar-refractivity contribution in [1.82, 2.24) is 0 Å². The van der Waals surface area contributed by atoms with E-state index in [-0.39, 0.29) is 19.1 Å². The summed E-state index contributed by atoms with van der Waals surface area (Å²) < 4.78 is 48.0. The van der Waals surface area contributed by atoms with Crippen LogP contribution in [0.15, 0.2) is 12.7 Å². The van der Waals surface area contributed by atoms with E-state index in [9.17, 15) is 14.4 Å². The average Bonchev–Trinajstić information content (AvgIpc) is 3.19. The molecule has 3 heterocycles. The van der Waals surface area contributed by atoms with E-state index in [2.05, 4.69) is 13.5 Å². The largest absolute Gasteiger partial charge is 0.462 e. The molecule has 38 heavy (non-hydrogen) atoms. The van der Waals surface area contributed by atoms with Crippen molar-refractivity contribution in [3.05, 3.63) is 12.7 Å². The molecular weight excluding hydrogens is 500 g/mol. The van der Waals surface area contributed by atoms with Gasteiger partial charge in [0, 0.05) is 47.3 Å². The van der Waals surface area contributed by atoms with Crippen LogP contribution in [0.25, 0.3) is 0 Å². The molecule has 0 N–H and O–H groups in total. The van der Waals surface area contributed by atoms with Crippen molar-refractivity contribution >= 4 is 17.9 Å². The minimum absolute atomic E-state index is 0.128. The van der Waals surface area contributed by atoms with Gasteiger partial charge in [0.25, 0.3) is 0 Å². The zero-order valence-corrected chi connectivity index (χ0v) is 23.1. The summed E-state index contributed by atoms with van der Waals surface area (Å²) >= 11 is 0. The van der Waals surface area contributed by atoms with Crippen LogP contribution in [0, 0.1) is 0 Å². The normalized spacial score (nSPS) is 34.9. The molecule has 9 atom stereocenters. The maximum Gasteiger partial charge on any atom is 0.303 e. The third kappa shape index (κ3) is 7.32. The molecule has 0 aromatic heterocycles. The highest BCUT2D eigenvalue weighted by atomic mass is 16.8. The fraction of sp³-hybridized carbons (Fsp3) is 0.815. The Balaban J connectivity index is 1.93. The van der Waals surface area contributed by atoms with E-state index in [1.54, 1.807) is 13.2 Å². The molecule has 0 aliphatic carbocycles. The van der Waals surface area contributed by atoms with Gasteiger partial charge in [-0.1, -0.05) is 19.4 Å². The molecule has 3 aliphatic rings. The Bertz CT molecular complexity index is 832. The van der Waals surface area contributed by atoms with Crippen molar-refractivity contribution in [1.29, 1.82) is 0 Å². The quantitative estimate of drug-likeness (QED) is 0.148. The second kappa shape index (κ2) is 13.8. The minimum atomic E-state index is -1.17. The van der Waals surface area contributed by atoms with E-state index >= 15 is 0 Å². The molecule has 3 saturated heterocycles. The lowest BCUT2D eigenvalue weighted by molar-refractivity contribution is -0.382. The van der Waals surface area contributed by atoms with Crippen LogP contribution < -0.4 is 0 Å². The summed E-state index contributed by atoms with van der Waals surface area (Å²) in [7, 11) is 1.55. The number of hydrogen-bond donors (Lipinski definition) is 0. The number of fused-ring (bicyclic) bond motifs is 2. The molecule has 11 nitrogen and oxygen atoms in total. The number of esters is 3. The number of hydrogen-bond acceptors (Lipinski definition) is 11. The first-order chi connectivity index (χ1) is 18.1. The Kier molecular flexibility index (Phi) is 11.1. The van der Waals surface area contributed by atoms with Gasteiger partial charge in [0.05, 0.1) is 12.2 Å². The van der Waals surface area contributed by atoms with E-state index in [4.69, 9.17) is 37.9 Å². The molecule has 0 amide bonds. The Labute approximate surface area is 224 Å². The van der Waals surface area contributed by atoms with Crippen LogP contribution in [0.1, 0.15) is 66.2 Å².